The molecule has 0 spiro atoms. The minimum absolute atomic E-state index is 0.149. The summed E-state index contributed by atoms with van der Waals surface area (Å²) in [7, 11) is -0.656. The van der Waals surface area contributed by atoms with Gasteiger partial charge in [-0.15, -0.1) is 0 Å². The third-order valence-electron chi connectivity index (χ3n) is 10.0. The predicted molar refractivity (Wildman–Crippen MR) is 173 cm³/mol. The number of amides is 2. The summed E-state index contributed by atoms with van der Waals surface area (Å²) < 4.78 is 24.2. The highest BCUT2D eigenvalue weighted by molar-refractivity contribution is 6.48. The molecule has 3 aliphatic heterocycles. The lowest BCUT2D eigenvalue weighted by atomic mass is 9.75. The Kier molecular flexibility index (Phi) is 11.6. The monoisotopic (exact) mass is 624 g/mol. The molecule has 0 bridgehead atoms. The number of alkyl carbamates (subject to hydrolysis) is 1. The molecule has 3 fully saturated rings. The second-order valence-corrected chi connectivity index (χ2v) is 14.5. The number of benzene rings is 1. The summed E-state index contributed by atoms with van der Waals surface area (Å²) >= 11 is 0. The number of nitriles is 1. The van der Waals surface area contributed by atoms with Gasteiger partial charge in [0.25, 0.3) is 0 Å². The number of hydrogen-bond donors (Lipinski definition) is 1. The lowest BCUT2D eigenvalue weighted by Crippen LogP contribution is -2.52. The van der Waals surface area contributed by atoms with Gasteiger partial charge in [-0.05, 0) is 92.6 Å². The molecular weight excluding hydrogens is 571 g/mol. The van der Waals surface area contributed by atoms with Gasteiger partial charge in [-0.3, -0.25) is 9.69 Å². The van der Waals surface area contributed by atoms with Crippen LogP contribution < -0.4 is 5.32 Å². The maximum Gasteiger partial charge on any atom is 0.482 e. The number of nitrogens with zero attached hydrogens (tertiary/aromatic N) is 3. The van der Waals surface area contributed by atoms with Crippen LogP contribution in [0.5, 0.6) is 0 Å². The molecule has 248 valence electrons. The fourth-order valence-electron chi connectivity index (χ4n) is 6.36. The molecule has 2 amide bonds. The second-order valence-electron chi connectivity index (χ2n) is 14.5. The van der Waals surface area contributed by atoms with Crippen LogP contribution in [0.25, 0.3) is 0 Å². The van der Waals surface area contributed by atoms with E-state index in [4.69, 9.17) is 18.8 Å². The summed E-state index contributed by atoms with van der Waals surface area (Å²) in [5.41, 5.74) is -0.206. The van der Waals surface area contributed by atoms with Gasteiger partial charge in [0.05, 0.1) is 42.5 Å². The smallest absolute Gasteiger partial charge is 0.444 e. The Hall–Kier alpha value is -2.65. The average Bonchev–Trinajstić information content (AvgIpc) is 3.10. The molecule has 3 saturated heterocycles. The van der Waals surface area contributed by atoms with Crippen molar-refractivity contribution in [2.75, 3.05) is 32.8 Å². The molecule has 45 heavy (non-hydrogen) atoms. The summed E-state index contributed by atoms with van der Waals surface area (Å²) in [6.45, 7) is 17.6. The van der Waals surface area contributed by atoms with E-state index in [0.717, 1.165) is 37.9 Å². The van der Waals surface area contributed by atoms with Crippen LogP contribution in [0.15, 0.2) is 30.3 Å². The number of carbonyl (C=O) groups excluding carboxylic acids is 2. The molecule has 1 aromatic carbocycles. The van der Waals surface area contributed by atoms with Crippen molar-refractivity contribution in [2.24, 2.45) is 5.92 Å². The van der Waals surface area contributed by atoms with Crippen LogP contribution in [0.4, 0.5) is 4.79 Å². The normalized spacial score (nSPS) is 25.1. The van der Waals surface area contributed by atoms with Crippen LogP contribution in [0.1, 0.15) is 86.1 Å². The number of likely N-dealkylation sites (tertiary alicyclic amines) is 1. The van der Waals surface area contributed by atoms with E-state index in [9.17, 15) is 14.9 Å². The molecule has 0 aliphatic carbocycles. The predicted octanol–water partition coefficient (Wildman–Crippen LogP) is 4.76. The molecule has 0 saturated carbocycles. The zero-order valence-corrected chi connectivity index (χ0v) is 28.3. The summed E-state index contributed by atoms with van der Waals surface area (Å²) in [4.78, 5) is 31.1. The van der Waals surface area contributed by atoms with Gasteiger partial charge in [-0.1, -0.05) is 30.3 Å². The zero-order valence-electron chi connectivity index (χ0n) is 28.3. The summed E-state index contributed by atoms with van der Waals surface area (Å²) in [5, 5.41) is 13.0. The van der Waals surface area contributed by atoms with Crippen LogP contribution in [-0.2, 0) is 30.0 Å². The van der Waals surface area contributed by atoms with Gasteiger partial charge in [-0.25, -0.2) is 4.79 Å². The number of carbonyl (C=O) groups is 2. The summed E-state index contributed by atoms with van der Waals surface area (Å²) in [5.74, 6) is -1.40. The molecule has 4 atom stereocenters. The fraction of sp³-hybridized carbons (Fsp3) is 0.735. The van der Waals surface area contributed by atoms with Crippen LogP contribution in [0, 0.1) is 17.2 Å². The first kappa shape index (κ1) is 35.2. The van der Waals surface area contributed by atoms with Gasteiger partial charge in [0.1, 0.15) is 12.0 Å². The van der Waals surface area contributed by atoms with Crippen molar-refractivity contribution in [1.82, 2.24) is 15.1 Å². The molecular formula is C34H53BN4O6. The van der Waals surface area contributed by atoms with Crippen LogP contribution in [0.2, 0.25) is 0 Å². The van der Waals surface area contributed by atoms with Gasteiger partial charge in [0.15, 0.2) is 0 Å². The second kappa shape index (κ2) is 14.8. The van der Waals surface area contributed by atoms with Crippen molar-refractivity contribution in [1.29, 1.82) is 5.26 Å². The number of rotatable bonds is 10. The number of ether oxygens (including phenoxy) is 2. The topological polar surface area (TPSA) is 113 Å². The highest BCUT2D eigenvalue weighted by Crippen LogP contribution is 2.38. The molecule has 10 nitrogen and oxygen atoms in total. The van der Waals surface area contributed by atoms with E-state index >= 15 is 0 Å². The summed E-state index contributed by atoms with van der Waals surface area (Å²) in [6, 6.07) is 12.2. The molecule has 3 aliphatic rings. The Labute approximate surface area is 270 Å². The third kappa shape index (κ3) is 9.22. The quantitative estimate of drug-likeness (QED) is 0.371. The molecule has 1 aromatic rings. The molecule has 3 heterocycles. The third-order valence-corrected chi connectivity index (χ3v) is 10.0. The molecule has 0 radical (unpaired) electrons. The van der Waals surface area contributed by atoms with Crippen molar-refractivity contribution < 1.29 is 28.4 Å². The maximum absolute atomic E-state index is 13.6. The highest BCUT2D eigenvalue weighted by atomic mass is 16.7. The van der Waals surface area contributed by atoms with E-state index < -0.39 is 42.4 Å². The van der Waals surface area contributed by atoms with Gasteiger partial charge < -0.3 is 29.0 Å². The first-order valence-corrected chi connectivity index (χ1v) is 16.6. The zero-order chi connectivity index (χ0) is 32.8. The number of hydrogen-bond acceptors (Lipinski definition) is 8. The maximum atomic E-state index is 13.6. The van der Waals surface area contributed by atoms with E-state index in [2.05, 4.69) is 37.1 Å². The average molecular weight is 625 g/mol. The van der Waals surface area contributed by atoms with E-state index in [0.29, 0.717) is 32.4 Å². The van der Waals surface area contributed by atoms with E-state index in [-0.39, 0.29) is 24.1 Å². The Morgan fingerprint density at radius 3 is 2.44 bits per heavy atom. The summed E-state index contributed by atoms with van der Waals surface area (Å²) in [6.07, 6.45) is 3.11. The van der Waals surface area contributed by atoms with Crippen LogP contribution in [-0.4, -0.2) is 96.6 Å². The van der Waals surface area contributed by atoms with Gasteiger partial charge >= 0.3 is 13.2 Å². The first-order valence-electron chi connectivity index (χ1n) is 16.6. The minimum atomic E-state index is -0.742. The first-order chi connectivity index (χ1) is 21.2. The molecule has 1 N–H and O–H groups in total. The SMILES string of the molecule is C[C@@H]1CN(C(C)(C)CCC(C#N)C(=O)N2CCCC[C@@H](OC(=O)N[C@@H](Cc3ccccc3)B3OC(C)(C)C(C)(C)O3)C2)CCO1. The van der Waals surface area contributed by atoms with E-state index in [1.54, 1.807) is 4.90 Å². The largest absolute Gasteiger partial charge is 0.482 e. The Morgan fingerprint density at radius 2 is 1.80 bits per heavy atom. The Morgan fingerprint density at radius 1 is 1.11 bits per heavy atom. The van der Waals surface area contributed by atoms with Crippen molar-refractivity contribution in [3.63, 3.8) is 0 Å². The van der Waals surface area contributed by atoms with Crippen molar-refractivity contribution in [3.8, 4) is 6.07 Å². The standard InChI is InChI=1S/C34H53BN4O6/c1-25-23-39(19-20-42-25)32(2,3)17-16-27(22-36)30(40)38-18-12-11-15-28(24-38)43-31(41)37-29(21-26-13-9-8-10-14-26)35-44-33(4,5)34(6,7)45-35/h8-10,13-14,25,27-29H,11-12,15-21,23-24H2,1-7H3,(H,37,41)/t25-,27?,28-,29+/m1/s1. The van der Waals surface area contributed by atoms with E-state index in [1.165, 1.54) is 0 Å². The number of morpholine rings is 1. The molecule has 11 heteroatoms. The van der Waals surface area contributed by atoms with Gasteiger partial charge in [0, 0.05) is 25.2 Å². The van der Waals surface area contributed by atoms with E-state index in [1.807, 2.05) is 58.0 Å². The molecule has 1 unspecified atom stereocenters. The van der Waals surface area contributed by atoms with Gasteiger partial charge in [-0.2, -0.15) is 5.26 Å². The Bertz CT molecular complexity index is 1170. The van der Waals surface area contributed by atoms with Crippen molar-refractivity contribution in [3.05, 3.63) is 35.9 Å². The fourth-order valence-corrected chi connectivity index (χ4v) is 6.36. The highest BCUT2D eigenvalue weighted by Gasteiger charge is 2.54. The van der Waals surface area contributed by atoms with Crippen LogP contribution >= 0.6 is 0 Å². The minimum Gasteiger partial charge on any atom is -0.444 e. The number of nitrogens with one attached hydrogen (secondary N) is 1. The Balaban J connectivity index is 1.36. The van der Waals surface area contributed by atoms with Crippen molar-refractivity contribution in [2.45, 2.75) is 122 Å². The molecule has 0 aromatic heterocycles. The van der Waals surface area contributed by atoms with Crippen molar-refractivity contribution >= 4 is 19.1 Å². The molecule has 4 rings (SSSR count). The lowest BCUT2D eigenvalue weighted by Gasteiger charge is -2.43. The van der Waals surface area contributed by atoms with Crippen LogP contribution in [0.3, 0.4) is 0 Å². The van der Waals surface area contributed by atoms with Gasteiger partial charge in [0.2, 0.25) is 5.91 Å². The lowest BCUT2D eigenvalue weighted by molar-refractivity contribution is -0.135.